The van der Waals surface area contributed by atoms with Gasteiger partial charge in [0.1, 0.15) is 13.2 Å². The van der Waals surface area contributed by atoms with Crippen LogP contribution in [0.2, 0.25) is 0 Å². The first-order valence-electron chi connectivity index (χ1n) is 8.34. The molecule has 2 aromatic carbocycles. The van der Waals surface area contributed by atoms with Crippen molar-refractivity contribution in [3.63, 3.8) is 0 Å². The predicted octanol–water partition coefficient (Wildman–Crippen LogP) is 2.47. The zero-order valence-corrected chi connectivity index (χ0v) is 15.4. The zero-order chi connectivity index (χ0) is 19.4. The predicted molar refractivity (Wildman–Crippen MR) is 100 cm³/mol. The summed E-state index contributed by atoms with van der Waals surface area (Å²) in [5, 5.41) is 0.462. The molecule has 140 valence electrons. The molecular weight excluding hydrogens is 348 g/mol. The third-order valence-corrected chi connectivity index (χ3v) is 4.26. The van der Waals surface area contributed by atoms with E-state index in [2.05, 4.69) is 4.98 Å². The molecule has 7 heteroatoms. The Hall–Kier alpha value is -3.35. The van der Waals surface area contributed by atoms with Gasteiger partial charge in [0.05, 0.1) is 31.4 Å². The van der Waals surface area contributed by atoms with Crippen LogP contribution in [0.15, 0.2) is 47.5 Å². The third-order valence-electron chi connectivity index (χ3n) is 4.26. The minimum Gasteiger partial charge on any atom is -0.493 e. The van der Waals surface area contributed by atoms with E-state index in [0.717, 1.165) is 11.1 Å². The smallest absolute Gasteiger partial charge is 0.326 e. The van der Waals surface area contributed by atoms with Crippen molar-refractivity contribution in [1.82, 2.24) is 9.55 Å². The van der Waals surface area contributed by atoms with E-state index in [1.165, 1.54) is 10.9 Å². The number of ether oxygens (including phenoxy) is 3. The van der Waals surface area contributed by atoms with Crippen LogP contribution in [-0.2, 0) is 22.7 Å². The van der Waals surface area contributed by atoms with Gasteiger partial charge in [-0.1, -0.05) is 12.1 Å². The van der Waals surface area contributed by atoms with E-state index in [1.54, 1.807) is 44.6 Å². The van der Waals surface area contributed by atoms with Crippen LogP contribution in [0.1, 0.15) is 11.1 Å². The van der Waals surface area contributed by atoms with E-state index in [0.29, 0.717) is 22.4 Å². The minimum absolute atomic E-state index is 0.0702. The van der Waals surface area contributed by atoms with Gasteiger partial charge in [-0.05, 0) is 42.3 Å². The summed E-state index contributed by atoms with van der Waals surface area (Å²) >= 11 is 0. The van der Waals surface area contributed by atoms with Crippen molar-refractivity contribution in [2.24, 2.45) is 0 Å². The number of carbonyl (C=O) groups excluding carboxylic acids is 1. The molecule has 7 nitrogen and oxygen atoms in total. The molecule has 0 N–H and O–H groups in total. The van der Waals surface area contributed by atoms with Gasteiger partial charge in [-0.3, -0.25) is 14.2 Å². The highest BCUT2D eigenvalue weighted by Crippen LogP contribution is 2.30. The topological polar surface area (TPSA) is 79.7 Å². The van der Waals surface area contributed by atoms with Crippen LogP contribution in [0.4, 0.5) is 0 Å². The summed E-state index contributed by atoms with van der Waals surface area (Å²) in [6.45, 7) is 1.76. The summed E-state index contributed by atoms with van der Waals surface area (Å²) in [4.78, 5) is 28.8. The Bertz CT molecular complexity index is 1040. The third kappa shape index (κ3) is 3.92. The lowest BCUT2D eigenvalue weighted by atomic mass is 10.1. The molecule has 0 radical (unpaired) electrons. The maximum atomic E-state index is 12.4. The molecule has 0 amide bonds. The Morgan fingerprint density at radius 1 is 1.11 bits per heavy atom. The summed E-state index contributed by atoms with van der Waals surface area (Å²) in [5.41, 5.74) is 2.02. The monoisotopic (exact) mass is 368 g/mol. The minimum atomic E-state index is -0.525. The van der Waals surface area contributed by atoms with Crippen molar-refractivity contribution in [2.75, 3.05) is 14.2 Å². The number of hydrogen-bond acceptors (Lipinski definition) is 6. The number of hydrogen-bond donors (Lipinski definition) is 0. The van der Waals surface area contributed by atoms with Gasteiger partial charge in [0.15, 0.2) is 11.5 Å². The van der Waals surface area contributed by atoms with Gasteiger partial charge in [0, 0.05) is 0 Å². The first-order chi connectivity index (χ1) is 13.0. The lowest BCUT2D eigenvalue weighted by Gasteiger charge is -2.13. The fraction of sp³-hybridized carbons (Fsp3) is 0.250. The van der Waals surface area contributed by atoms with E-state index < -0.39 is 5.97 Å². The van der Waals surface area contributed by atoms with Gasteiger partial charge in [0.2, 0.25) is 0 Å². The van der Waals surface area contributed by atoms with E-state index in [1.807, 2.05) is 13.0 Å². The molecule has 0 unspecified atom stereocenters. The number of aryl methyl sites for hydroxylation is 1. The second-order valence-electron chi connectivity index (χ2n) is 5.99. The number of para-hydroxylation sites is 1. The Labute approximate surface area is 156 Å². The SMILES string of the molecule is COc1cc(C)c(COC(=O)Cn2cnc3ccccc3c2=O)cc1OC. The molecule has 0 saturated carbocycles. The second kappa shape index (κ2) is 7.90. The lowest BCUT2D eigenvalue weighted by Crippen LogP contribution is -2.25. The van der Waals surface area contributed by atoms with Crippen molar-refractivity contribution in [3.8, 4) is 11.5 Å². The fourth-order valence-corrected chi connectivity index (χ4v) is 2.74. The molecule has 1 heterocycles. The van der Waals surface area contributed by atoms with Gasteiger partial charge in [-0.25, -0.2) is 4.98 Å². The number of nitrogens with zero attached hydrogens (tertiary/aromatic N) is 2. The molecule has 3 rings (SSSR count). The Kier molecular flexibility index (Phi) is 5.40. The lowest BCUT2D eigenvalue weighted by molar-refractivity contribution is -0.145. The number of aromatic nitrogens is 2. The first kappa shape index (κ1) is 18.4. The van der Waals surface area contributed by atoms with Crippen LogP contribution in [0.25, 0.3) is 10.9 Å². The van der Waals surface area contributed by atoms with E-state index in [4.69, 9.17) is 14.2 Å². The van der Waals surface area contributed by atoms with Crippen molar-refractivity contribution < 1.29 is 19.0 Å². The number of fused-ring (bicyclic) bond motifs is 1. The molecule has 0 bridgehead atoms. The van der Waals surface area contributed by atoms with Crippen molar-refractivity contribution in [3.05, 3.63) is 64.2 Å². The van der Waals surface area contributed by atoms with E-state index >= 15 is 0 Å². The van der Waals surface area contributed by atoms with Crippen LogP contribution in [0, 0.1) is 6.92 Å². The zero-order valence-electron chi connectivity index (χ0n) is 15.4. The highest BCUT2D eigenvalue weighted by Gasteiger charge is 2.12. The molecule has 0 aliphatic rings. The molecular formula is C20H20N2O5. The highest BCUT2D eigenvalue weighted by atomic mass is 16.5. The summed E-state index contributed by atoms with van der Waals surface area (Å²) in [6.07, 6.45) is 1.35. The molecule has 0 saturated heterocycles. The normalized spacial score (nSPS) is 10.6. The molecule has 0 aliphatic carbocycles. The average molecular weight is 368 g/mol. The molecule has 0 atom stereocenters. The average Bonchev–Trinajstić information content (AvgIpc) is 2.69. The number of methoxy groups -OCH3 is 2. The second-order valence-corrected chi connectivity index (χ2v) is 5.99. The van der Waals surface area contributed by atoms with E-state index in [9.17, 15) is 9.59 Å². The summed E-state index contributed by atoms with van der Waals surface area (Å²) in [6, 6.07) is 10.6. The molecule has 1 aromatic heterocycles. The molecule has 0 fully saturated rings. The Morgan fingerprint density at radius 2 is 1.81 bits per heavy atom. The standard InChI is InChI=1S/C20H20N2O5/c1-13-8-17(25-2)18(26-3)9-14(13)11-27-19(23)10-22-12-21-16-7-5-4-6-15(16)20(22)24/h4-9,12H,10-11H2,1-3H3. The molecule has 27 heavy (non-hydrogen) atoms. The number of rotatable bonds is 6. The van der Waals surface area contributed by atoms with Crippen molar-refractivity contribution in [2.45, 2.75) is 20.1 Å². The number of carbonyl (C=O) groups is 1. The van der Waals surface area contributed by atoms with Crippen LogP contribution in [0.5, 0.6) is 11.5 Å². The maximum absolute atomic E-state index is 12.4. The highest BCUT2D eigenvalue weighted by molar-refractivity contribution is 5.77. The van der Waals surface area contributed by atoms with Crippen LogP contribution < -0.4 is 15.0 Å². The largest absolute Gasteiger partial charge is 0.493 e. The van der Waals surface area contributed by atoms with Gasteiger partial charge >= 0.3 is 5.97 Å². The van der Waals surface area contributed by atoms with Gasteiger partial charge in [-0.2, -0.15) is 0 Å². The Morgan fingerprint density at radius 3 is 2.56 bits per heavy atom. The summed E-state index contributed by atoms with van der Waals surface area (Å²) in [7, 11) is 3.11. The summed E-state index contributed by atoms with van der Waals surface area (Å²) < 4.78 is 17.1. The van der Waals surface area contributed by atoms with Gasteiger partial charge < -0.3 is 14.2 Å². The number of benzene rings is 2. The summed E-state index contributed by atoms with van der Waals surface area (Å²) in [5.74, 6) is 0.645. The van der Waals surface area contributed by atoms with Crippen LogP contribution in [-0.4, -0.2) is 29.7 Å². The molecule has 0 spiro atoms. The van der Waals surface area contributed by atoms with Crippen molar-refractivity contribution >= 4 is 16.9 Å². The fourth-order valence-electron chi connectivity index (χ4n) is 2.74. The maximum Gasteiger partial charge on any atom is 0.326 e. The first-order valence-corrected chi connectivity index (χ1v) is 8.34. The molecule has 0 aliphatic heterocycles. The van der Waals surface area contributed by atoms with Crippen LogP contribution >= 0.6 is 0 Å². The van der Waals surface area contributed by atoms with Gasteiger partial charge in [-0.15, -0.1) is 0 Å². The van der Waals surface area contributed by atoms with Crippen LogP contribution in [0.3, 0.4) is 0 Å². The quantitative estimate of drug-likeness (QED) is 0.622. The molecule has 3 aromatic rings. The van der Waals surface area contributed by atoms with Gasteiger partial charge in [0.25, 0.3) is 5.56 Å². The van der Waals surface area contributed by atoms with Crippen molar-refractivity contribution in [1.29, 1.82) is 0 Å². The van der Waals surface area contributed by atoms with E-state index in [-0.39, 0.29) is 18.7 Å². The Balaban J connectivity index is 1.72. The number of esters is 1.